The number of aliphatic carboxylic acids is 1. The topological polar surface area (TPSA) is 80.9 Å². The fraction of sp³-hybridized carbons (Fsp3) is 0.278. The second kappa shape index (κ2) is 6.70. The molecule has 124 valence electrons. The highest BCUT2D eigenvalue weighted by Crippen LogP contribution is 2.26. The third kappa shape index (κ3) is 3.08. The minimum atomic E-state index is -0.829. The van der Waals surface area contributed by atoms with Crippen LogP contribution in [0.1, 0.15) is 22.3 Å². The maximum atomic E-state index is 11.0. The second-order valence-corrected chi connectivity index (χ2v) is 5.89. The molecular formula is C18H19N2O4+. The lowest BCUT2D eigenvalue weighted by molar-refractivity contribution is -0.559. The van der Waals surface area contributed by atoms with E-state index >= 15 is 0 Å². The van der Waals surface area contributed by atoms with Crippen molar-refractivity contribution < 1.29 is 24.4 Å². The number of phenolic OH excluding ortho intramolecular Hbond substituents is 1. The molecule has 1 aromatic carbocycles. The Morgan fingerprint density at radius 3 is 2.83 bits per heavy atom. The summed E-state index contributed by atoms with van der Waals surface area (Å²) in [6.07, 6.45) is 10.6. The molecule has 3 rings (SSSR count). The van der Waals surface area contributed by atoms with Crippen molar-refractivity contribution >= 4 is 18.6 Å². The Labute approximate surface area is 139 Å². The molecule has 0 saturated heterocycles. The first-order valence-electron chi connectivity index (χ1n) is 7.79. The number of para-hydroxylation sites is 1. The number of carbonyl (C=O) groups excluding carboxylic acids is 1. The molecule has 0 fully saturated rings. The van der Waals surface area contributed by atoms with E-state index in [-0.39, 0.29) is 29.8 Å². The Kier molecular flexibility index (Phi) is 4.46. The summed E-state index contributed by atoms with van der Waals surface area (Å²) in [4.78, 5) is 23.8. The SMILES string of the molecule is O=Cc1cccc(C[N+]2=CN(CCC(=O)O)C3C=CC=CC32)c1O. The van der Waals surface area contributed by atoms with Gasteiger partial charge in [-0.2, -0.15) is 0 Å². The van der Waals surface area contributed by atoms with E-state index in [0.29, 0.717) is 24.9 Å². The van der Waals surface area contributed by atoms with Gasteiger partial charge in [0.1, 0.15) is 12.3 Å². The smallest absolute Gasteiger partial charge is 0.307 e. The second-order valence-electron chi connectivity index (χ2n) is 5.89. The van der Waals surface area contributed by atoms with Crippen LogP contribution < -0.4 is 0 Å². The molecule has 2 N–H and O–H groups in total. The normalized spacial score (nSPS) is 21.5. The number of hydrogen-bond acceptors (Lipinski definition) is 4. The molecule has 2 atom stereocenters. The number of rotatable bonds is 6. The maximum Gasteiger partial charge on any atom is 0.307 e. The fourth-order valence-electron chi connectivity index (χ4n) is 3.15. The molecule has 1 heterocycles. The van der Waals surface area contributed by atoms with Gasteiger partial charge < -0.3 is 10.2 Å². The Bertz CT molecular complexity index is 751. The third-order valence-corrected chi connectivity index (χ3v) is 4.35. The zero-order chi connectivity index (χ0) is 17.1. The summed E-state index contributed by atoms with van der Waals surface area (Å²) in [5, 5.41) is 19.1. The molecule has 0 spiro atoms. The van der Waals surface area contributed by atoms with Crippen molar-refractivity contribution in [2.24, 2.45) is 0 Å². The predicted molar refractivity (Wildman–Crippen MR) is 88.3 cm³/mol. The van der Waals surface area contributed by atoms with Crippen LogP contribution in [-0.4, -0.2) is 56.9 Å². The fourth-order valence-corrected chi connectivity index (χ4v) is 3.15. The first-order chi connectivity index (χ1) is 11.6. The van der Waals surface area contributed by atoms with Crippen LogP contribution in [0.15, 0.2) is 42.5 Å². The van der Waals surface area contributed by atoms with Crippen LogP contribution in [0.2, 0.25) is 0 Å². The molecule has 2 unspecified atom stereocenters. The van der Waals surface area contributed by atoms with Gasteiger partial charge in [-0.05, 0) is 18.2 Å². The highest BCUT2D eigenvalue weighted by Gasteiger charge is 2.39. The van der Waals surface area contributed by atoms with Crippen LogP contribution in [0.4, 0.5) is 0 Å². The van der Waals surface area contributed by atoms with Crippen molar-refractivity contribution in [3.05, 3.63) is 53.6 Å². The molecule has 0 aromatic heterocycles. The van der Waals surface area contributed by atoms with E-state index in [1.54, 1.807) is 18.2 Å². The van der Waals surface area contributed by atoms with Gasteiger partial charge in [-0.15, -0.1) is 0 Å². The molecule has 1 aliphatic heterocycles. The van der Waals surface area contributed by atoms with Gasteiger partial charge in [-0.1, -0.05) is 24.3 Å². The molecule has 0 radical (unpaired) electrons. The minimum Gasteiger partial charge on any atom is -0.507 e. The molecule has 1 aromatic rings. The third-order valence-electron chi connectivity index (χ3n) is 4.35. The van der Waals surface area contributed by atoms with Gasteiger partial charge in [0.05, 0.1) is 18.5 Å². The molecule has 6 nitrogen and oxygen atoms in total. The van der Waals surface area contributed by atoms with Gasteiger partial charge in [-0.25, -0.2) is 0 Å². The molecule has 24 heavy (non-hydrogen) atoms. The quantitative estimate of drug-likeness (QED) is 0.610. The van der Waals surface area contributed by atoms with Gasteiger partial charge in [0.25, 0.3) is 0 Å². The standard InChI is InChI=1S/C18H18N2O4/c21-11-14-5-3-4-13(18(14)24)10-20-12-19(9-8-17(22)23)15-6-1-2-7-16(15)20/h1-7,11-12,15-16H,8-10H2,(H-,21,22,23,24)/p+1. The van der Waals surface area contributed by atoms with E-state index in [9.17, 15) is 14.7 Å². The molecule has 6 heteroatoms. The lowest BCUT2D eigenvalue weighted by atomic mass is 10.0. The largest absolute Gasteiger partial charge is 0.507 e. The highest BCUT2D eigenvalue weighted by molar-refractivity contribution is 5.79. The summed E-state index contributed by atoms with van der Waals surface area (Å²) in [6, 6.07) is 5.25. The summed E-state index contributed by atoms with van der Waals surface area (Å²) in [5.74, 6) is -0.832. The molecule has 0 bridgehead atoms. The average molecular weight is 327 g/mol. The number of allylic oxidation sites excluding steroid dienone is 2. The zero-order valence-corrected chi connectivity index (χ0v) is 13.1. The zero-order valence-electron chi connectivity index (χ0n) is 13.1. The van der Waals surface area contributed by atoms with Crippen LogP contribution in [0.25, 0.3) is 0 Å². The van der Waals surface area contributed by atoms with Gasteiger partial charge in [-0.3, -0.25) is 19.1 Å². The van der Waals surface area contributed by atoms with Crippen LogP contribution in [0.5, 0.6) is 5.75 Å². The predicted octanol–water partition coefficient (Wildman–Crippen LogP) is 1.40. The lowest BCUT2D eigenvalue weighted by Gasteiger charge is -2.20. The van der Waals surface area contributed by atoms with E-state index in [2.05, 4.69) is 10.7 Å². The van der Waals surface area contributed by atoms with E-state index in [1.807, 2.05) is 29.5 Å². The van der Waals surface area contributed by atoms with Crippen molar-refractivity contribution in [1.29, 1.82) is 0 Å². The van der Waals surface area contributed by atoms with Crippen molar-refractivity contribution in [2.45, 2.75) is 25.0 Å². The number of phenols is 1. The number of hydrogen-bond donors (Lipinski definition) is 2. The lowest BCUT2D eigenvalue weighted by Crippen LogP contribution is -2.38. The van der Waals surface area contributed by atoms with Crippen LogP contribution in [0.3, 0.4) is 0 Å². The summed E-state index contributed by atoms with van der Waals surface area (Å²) < 4.78 is 2.05. The Balaban J connectivity index is 1.84. The monoisotopic (exact) mass is 327 g/mol. The maximum absolute atomic E-state index is 11.0. The van der Waals surface area contributed by atoms with Crippen LogP contribution >= 0.6 is 0 Å². The number of carboxylic acids is 1. The minimum absolute atomic E-state index is 0.00299. The van der Waals surface area contributed by atoms with E-state index in [1.165, 1.54) is 0 Å². The average Bonchev–Trinajstić information content (AvgIpc) is 2.93. The van der Waals surface area contributed by atoms with Gasteiger partial charge in [0, 0.05) is 5.56 Å². The Morgan fingerprint density at radius 1 is 1.29 bits per heavy atom. The summed E-state index contributed by atoms with van der Waals surface area (Å²) in [7, 11) is 0. The number of aromatic hydroxyl groups is 1. The van der Waals surface area contributed by atoms with Gasteiger partial charge >= 0.3 is 5.97 Å². The first-order valence-corrected chi connectivity index (χ1v) is 7.79. The molecular weight excluding hydrogens is 308 g/mol. The molecule has 2 aliphatic rings. The highest BCUT2D eigenvalue weighted by atomic mass is 16.4. The number of benzene rings is 1. The summed E-state index contributed by atoms with van der Waals surface area (Å²) in [5.41, 5.74) is 0.933. The molecule has 0 saturated carbocycles. The van der Waals surface area contributed by atoms with Crippen molar-refractivity contribution in [3.63, 3.8) is 0 Å². The van der Waals surface area contributed by atoms with E-state index in [4.69, 9.17) is 5.11 Å². The Hall–Kier alpha value is -2.89. The number of fused-ring (bicyclic) bond motifs is 1. The molecule has 0 amide bonds. The van der Waals surface area contributed by atoms with E-state index in [0.717, 1.165) is 0 Å². The Morgan fingerprint density at radius 2 is 2.08 bits per heavy atom. The van der Waals surface area contributed by atoms with Gasteiger partial charge in [0.15, 0.2) is 18.4 Å². The first kappa shape index (κ1) is 16.0. The van der Waals surface area contributed by atoms with Crippen LogP contribution in [-0.2, 0) is 11.3 Å². The van der Waals surface area contributed by atoms with Crippen molar-refractivity contribution in [3.8, 4) is 5.75 Å². The van der Waals surface area contributed by atoms with Crippen molar-refractivity contribution in [2.75, 3.05) is 6.54 Å². The van der Waals surface area contributed by atoms with E-state index < -0.39 is 5.97 Å². The number of nitrogens with zero attached hydrogens (tertiary/aromatic N) is 2. The van der Waals surface area contributed by atoms with Crippen molar-refractivity contribution in [1.82, 2.24) is 4.90 Å². The number of carbonyl (C=O) groups is 2. The number of aldehydes is 1. The summed E-state index contributed by atoms with van der Waals surface area (Å²) in [6.45, 7) is 0.863. The van der Waals surface area contributed by atoms with Gasteiger partial charge in [0.2, 0.25) is 6.34 Å². The molecule has 1 aliphatic carbocycles. The summed E-state index contributed by atoms with van der Waals surface area (Å²) >= 11 is 0. The van der Waals surface area contributed by atoms with Crippen LogP contribution in [0, 0.1) is 0 Å². The number of carboxylic acid groups (broad SMARTS) is 1.